The third-order valence-corrected chi connectivity index (χ3v) is 4.37. The van der Waals surface area contributed by atoms with E-state index < -0.39 is 10.8 Å². The first-order valence-electron chi connectivity index (χ1n) is 7.30. The topological polar surface area (TPSA) is 108 Å². The SMILES string of the molecule is Cn1ncc([N+](=O)[O-])c1C(=O)Nc1nn(Cc2ccc(Cl)cc2)cc1Br. The number of carbonyl (C=O) groups is 1. The number of carbonyl (C=O) groups excluding carboxylic acids is 1. The number of nitrogens with one attached hydrogen (secondary N) is 1. The number of anilines is 1. The molecule has 0 fully saturated rings. The van der Waals surface area contributed by atoms with E-state index in [1.807, 2.05) is 12.1 Å². The lowest BCUT2D eigenvalue weighted by Gasteiger charge is -2.04. The van der Waals surface area contributed by atoms with Crippen LogP contribution < -0.4 is 5.32 Å². The van der Waals surface area contributed by atoms with Crippen molar-refractivity contribution in [3.8, 4) is 0 Å². The van der Waals surface area contributed by atoms with Crippen LogP contribution in [0, 0.1) is 10.1 Å². The number of nitrogens with zero attached hydrogens (tertiary/aromatic N) is 5. The minimum atomic E-state index is -0.672. The van der Waals surface area contributed by atoms with Gasteiger partial charge in [0.05, 0.1) is 15.9 Å². The first kappa shape index (κ1) is 18.1. The molecule has 1 N–H and O–H groups in total. The van der Waals surface area contributed by atoms with E-state index in [1.165, 1.54) is 7.05 Å². The number of hydrogen-bond donors (Lipinski definition) is 1. The van der Waals surface area contributed by atoms with Crippen molar-refractivity contribution in [1.29, 1.82) is 0 Å². The minimum Gasteiger partial charge on any atom is -0.303 e. The summed E-state index contributed by atoms with van der Waals surface area (Å²) in [5.74, 6) is -0.423. The highest BCUT2D eigenvalue weighted by Gasteiger charge is 2.26. The highest BCUT2D eigenvalue weighted by Crippen LogP contribution is 2.24. The Labute approximate surface area is 160 Å². The van der Waals surface area contributed by atoms with Crippen molar-refractivity contribution in [3.05, 3.63) is 67.5 Å². The van der Waals surface area contributed by atoms with E-state index in [0.29, 0.717) is 16.0 Å². The average Bonchev–Trinajstić information content (AvgIpc) is 3.13. The summed E-state index contributed by atoms with van der Waals surface area (Å²) >= 11 is 9.19. The predicted molar refractivity (Wildman–Crippen MR) is 98.3 cm³/mol. The Bertz CT molecular complexity index is 982. The molecule has 2 heterocycles. The van der Waals surface area contributed by atoms with Crippen molar-refractivity contribution < 1.29 is 9.72 Å². The Kier molecular flexibility index (Phi) is 5.05. The molecule has 11 heteroatoms. The molecule has 1 aromatic carbocycles. The zero-order valence-electron chi connectivity index (χ0n) is 13.4. The molecule has 0 aliphatic heterocycles. The lowest BCUT2D eigenvalue weighted by Crippen LogP contribution is -2.18. The lowest BCUT2D eigenvalue weighted by molar-refractivity contribution is -0.385. The molecule has 9 nitrogen and oxygen atoms in total. The fourth-order valence-electron chi connectivity index (χ4n) is 2.33. The number of halogens is 2. The summed E-state index contributed by atoms with van der Waals surface area (Å²) in [6, 6.07) is 7.30. The summed E-state index contributed by atoms with van der Waals surface area (Å²) in [5, 5.41) is 22.3. The van der Waals surface area contributed by atoms with Crippen molar-refractivity contribution in [1.82, 2.24) is 19.6 Å². The highest BCUT2D eigenvalue weighted by molar-refractivity contribution is 9.10. The van der Waals surface area contributed by atoms with Gasteiger partial charge in [-0.2, -0.15) is 10.2 Å². The van der Waals surface area contributed by atoms with Crippen LogP contribution in [0.5, 0.6) is 0 Å². The minimum absolute atomic E-state index is 0.158. The normalized spacial score (nSPS) is 10.7. The van der Waals surface area contributed by atoms with Crippen LogP contribution >= 0.6 is 27.5 Å². The molecule has 0 bridgehead atoms. The molecule has 0 aliphatic rings. The Hall–Kier alpha value is -2.72. The quantitative estimate of drug-likeness (QED) is 0.485. The highest BCUT2D eigenvalue weighted by atomic mass is 79.9. The number of hydrogen-bond acceptors (Lipinski definition) is 5. The number of aromatic nitrogens is 4. The molecule has 0 spiro atoms. The summed E-state index contributed by atoms with van der Waals surface area (Å²) < 4.78 is 3.32. The van der Waals surface area contributed by atoms with E-state index in [0.717, 1.165) is 16.4 Å². The van der Waals surface area contributed by atoms with Gasteiger partial charge in [0.1, 0.15) is 6.20 Å². The van der Waals surface area contributed by atoms with Gasteiger partial charge in [0, 0.05) is 18.3 Å². The van der Waals surface area contributed by atoms with Crippen molar-refractivity contribution in [2.24, 2.45) is 7.05 Å². The molecule has 0 radical (unpaired) electrons. The molecule has 26 heavy (non-hydrogen) atoms. The second-order valence-electron chi connectivity index (χ2n) is 5.36. The van der Waals surface area contributed by atoms with E-state index in [-0.39, 0.29) is 17.2 Å². The van der Waals surface area contributed by atoms with Gasteiger partial charge in [-0.05, 0) is 33.6 Å². The van der Waals surface area contributed by atoms with E-state index in [2.05, 4.69) is 31.4 Å². The van der Waals surface area contributed by atoms with Crippen LogP contribution in [0.2, 0.25) is 5.02 Å². The van der Waals surface area contributed by atoms with Crippen LogP contribution in [0.4, 0.5) is 11.5 Å². The van der Waals surface area contributed by atoms with Crippen molar-refractivity contribution >= 4 is 44.9 Å². The molecule has 1 amide bonds. The Morgan fingerprint density at radius 3 is 2.73 bits per heavy atom. The number of aryl methyl sites for hydroxylation is 1. The molecular formula is C15H12BrClN6O3. The van der Waals surface area contributed by atoms with Crippen LogP contribution in [-0.2, 0) is 13.6 Å². The monoisotopic (exact) mass is 438 g/mol. The van der Waals surface area contributed by atoms with Crippen LogP contribution in [0.3, 0.4) is 0 Å². The third-order valence-electron chi connectivity index (χ3n) is 3.54. The molecule has 0 unspecified atom stereocenters. The lowest BCUT2D eigenvalue weighted by atomic mass is 10.2. The van der Waals surface area contributed by atoms with Gasteiger partial charge in [-0.1, -0.05) is 23.7 Å². The first-order chi connectivity index (χ1) is 12.3. The second-order valence-corrected chi connectivity index (χ2v) is 6.65. The zero-order chi connectivity index (χ0) is 18.8. The molecule has 0 saturated carbocycles. The molecule has 134 valence electrons. The summed E-state index contributed by atoms with van der Waals surface area (Å²) in [5.41, 5.74) is 0.445. The summed E-state index contributed by atoms with van der Waals surface area (Å²) in [7, 11) is 1.45. The summed E-state index contributed by atoms with van der Waals surface area (Å²) in [6.07, 6.45) is 2.73. The number of amides is 1. The number of nitro groups is 1. The Morgan fingerprint density at radius 2 is 2.08 bits per heavy atom. The van der Waals surface area contributed by atoms with Crippen molar-refractivity contribution in [2.75, 3.05) is 5.32 Å². The van der Waals surface area contributed by atoms with Gasteiger partial charge in [-0.25, -0.2) is 0 Å². The van der Waals surface area contributed by atoms with Crippen LogP contribution in [0.1, 0.15) is 16.1 Å². The predicted octanol–water partition coefficient (Wildman–Crippen LogP) is 3.24. The van der Waals surface area contributed by atoms with Crippen LogP contribution in [0.25, 0.3) is 0 Å². The van der Waals surface area contributed by atoms with E-state index >= 15 is 0 Å². The summed E-state index contributed by atoms with van der Waals surface area (Å²) in [4.78, 5) is 22.8. The van der Waals surface area contributed by atoms with Gasteiger partial charge >= 0.3 is 5.69 Å². The molecule has 0 saturated heterocycles. The number of rotatable bonds is 5. The third kappa shape index (κ3) is 3.75. The average molecular weight is 440 g/mol. The smallest absolute Gasteiger partial charge is 0.303 e. The van der Waals surface area contributed by atoms with E-state index in [9.17, 15) is 14.9 Å². The van der Waals surface area contributed by atoms with Crippen LogP contribution in [-0.4, -0.2) is 30.4 Å². The van der Waals surface area contributed by atoms with E-state index in [1.54, 1.807) is 23.0 Å². The number of benzene rings is 1. The Morgan fingerprint density at radius 1 is 1.38 bits per heavy atom. The molecule has 2 aromatic heterocycles. The van der Waals surface area contributed by atoms with Crippen molar-refractivity contribution in [3.63, 3.8) is 0 Å². The van der Waals surface area contributed by atoms with Crippen LogP contribution in [0.15, 0.2) is 41.1 Å². The van der Waals surface area contributed by atoms with Gasteiger partial charge in [-0.15, -0.1) is 0 Å². The van der Waals surface area contributed by atoms with Gasteiger partial charge in [-0.3, -0.25) is 24.3 Å². The Balaban J connectivity index is 1.79. The van der Waals surface area contributed by atoms with Crippen molar-refractivity contribution in [2.45, 2.75) is 6.54 Å². The standard InChI is InChI=1S/C15H12BrClN6O3/c1-21-13(12(6-18-21)23(25)26)15(24)19-14-11(16)8-22(20-14)7-9-2-4-10(17)5-3-9/h2-6,8H,7H2,1H3,(H,19,20,24). The van der Waals surface area contributed by atoms with Gasteiger partial charge < -0.3 is 5.32 Å². The fourth-order valence-corrected chi connectivity index (χ4v) is 2.87. The maximum absolute atomic E-state index is 12.4. The second kappa shape index (κ2) is 7.26. The molecule has 0 atom stereocenters. The van der Waals surface area contributed by atoms with Gasteiger partial charge in [0.25, 0.3) is 5.91 Å². The molecule has 3 rings (SSSR count). The summed E-state index contributed by atoms with van der Waals surface area (Å²) in [6.45, 7) is 0.470. The van der Waals surface area contributed by atoms with Gasteiger partial charge in [0.2, 0.25) is 5.69 Å². The largest absolute Gasteiger partial charge is 0.320 e. The van der Waals surface area contributed by atoms with Gasteiger partial charge in [0.15, 0.2) is 5.82 Å². The fraction of sp³-hybridized carbons (Fsp3) is 0.133. The first-order valence-corrected chi connectivity index (χ1v) is 8.47. The zero-order valence-corrected chi connectivity index (χ0v) is 15.7. The molecule has 3 aromatic rings. The molecular weight excluding hydrogens is 428 g/mol. The van der Waals surface area contributed by atoms with E-state index in [4.69, 9.17) is 11.6 Å². The maximum atomic E-state index is 12.4. The maximum Gasteiger partial charge on any atom is 0.320 e. The molecule has 0 aliphatic carbocycles.